The highest BCUT2D eigenvalue weighted by Gasteiger charge is 2.18. The first-order valence-electron chi connectivity index (χ1n) is 9.11. The molecule has 6 nitrogen and oxygen atoms in total. The third-order valence-electron chi connectivity index (χ3n) is 4.26. The van der Waals surface area contributed by atoms with Crippen molar-refractivity contribution in [1.29, 1.82) is 0 Å². The van der Waals surface area contributed by atoms with Crippen LogP contribution in [-0.2, 0) is 16.6 Å². The monoisotopic (exact) mass is 464 g/mol. The summed E-state index contributed by atoms with van der Waals surface area (Å²) in [6.45, 7) is 0.847. The molecule has 1 amide bonds. The van der Waals surface area contributed by atoms with Gasteiger partial charge in [0, 0.05) is 29.1 Å². The molecule has 0 aliphatic rings. The summed E-state index contributed by atoms with van der Waals surface area (Å²) in [6.07, 6.45) is 0. The number of carbonyl (C=O) groups excluding carboxylic acids is 1. The molecule has 0 spiro atoms. The fraction of sp³-hybridized carbons (Fsp3) is 0.190. The lowest BCUT2D eigenvalue weighted by Crippen LogP contribution is -2.31. The molecule has 0 fully saturated rings. The summed E-state index contributed by atoms with van der Waals surface area (Å²) in [6, 6.07) is 16.7. The molecule has 0 aliphatic heterocycles. The first-order chi connectivity index (χ1) is 14.3. The highest BCUT2D eigenvalue weighted by molar-refractivity contribution is 7.89. The van der Waals surface area contributed by atoms with E-state index in [-0.39, 0.29) is 17.3 Å². The molecule has 2 aromatic carbocycles. The van der Waals surface area contributed by atoms with Crippen molar-refractivity contribution in [2.75, 3.05) is 20.2 Å². The molecule has 3 rings (SSSR count). The number of hydrogen-bond acceptors (Lipinski definition) is 5. The van der Waals surface area contributed by atoms with Gasteiger partial charge in [-0.3, -0.25) is 4.79 Å². The number of nitrogens with zero attached hydrogens (tertiary/aromatic N) is 1. The zero-order valence-corrected chi connectivity index (χ0v) is 18.6. The maximum Gasteiger partial charge on any atom is 0.253 e. The number of nitrogens with one attached hydrogen (secondary N) is 1. The van der Waals surface area contributed by atoms with Crippen molar-refractivity contribution in [3.05, 3.63) is 81.5 Å². The molecule has 0 atom stereocenters. The van der Waals surface area contributed by atoms with E-state index in [4.69, 9.17) is 16.3 Å². The van der Waals surface area contributed by atoms with Crippen molar-refractivity contribution in [3.8, 4) is 5.75 Å². The quantitative estimate of drug-likeness (QED) is 0.518. The van der Waals surface area contributed by atoms with Crippen molar-refractivity contribution < 1.29 is 17.9 Å². The SMILES string of the molecule is CN(CCOc1ccc(Cl)cc1)C(=O)c1cccc(S(=O)(=O)NCc2cccs2)c1. The molecule has 158 valence electrons. The smallest absolute Gasteiger partial charge is 0.253 e. The third-order valence-corrected chi connectivity index (χ3v) is 6.79. The molecule has 0 bridgehead atoms. The van der Waals surface area contributed by atoms with Crippen molar-refractivity contribution in [1.82, 2.24) is 9.62 Å². The van der Waals surface area contributed by atoms with Gasteiger partial charge in [-0.05, 0) is 53.9 Å². The molecule has 0 aliphatic carbocycles. The van der Waals surface area contributed by atoms with Gasteiger partial charge in [0.1, 0.15) is 12.4 Å². The van der Waals surface area contributed by atoms with Gasteiger partial charge in [0.25, 0.3) is 5.91 Å². The Bertz CT molecular complexity index is 1080. The normalized spacial score (nSPS) is 11.3. The van der Waals surface area contributed by atoms with Gasteiger partial charge >= 0.3 is 0 Å². The van der Waals surface area contributed by atoms with Crippen molar-refractivity contribution in [2.45, 2.75) is 11.4 Å². The predicted molar refractivity (Wildman–Crippen MR) is 119 cm³/mol. The van der Waals surface area contributed by atoms with E-state index >= 15 is 0 Å². The third kappa shape index (κ3) is 6.06. The molecule has 0 unspecified atom stereocenters. The summed E-state index contributed by atoms with van der Waals surface area (Å²) < 4.78 is 33.3. The number of hydrogen-bond donors (Lipinski definition) is 1. The Morgan fingerprint density at radius 1 is 1.13 bits per heavy atom. The fourth-order valence-electron chi connectivity index (χ4n) is 2.61. The summed E-state index contributed by atoms with van der Waals surface area (Å²) >= 11 is 7.31. The van der Waals surface area contributed by atoms with Crippen LogP contribution in [0.15, 0.2) is 70.9 Å². The zero-order chi connectivity index (χ0) is 21.6. The van der Waals surface area contributed by atoms with E-state index in [9.17, 15) is 13.2 Å². The molecular formula is C21H21ClN2O4S2. The fourth-order valence-corrected chi connectivity index (χ4v) is 4.53. The first-order valence-corrected chi connectivity index (χ1v) is 11.9. The number of sulfonamides is 1. The van der Waals surface area contributed by atoms with Crippen molar-refractivity contribution in [2.24, 2.45) is 0 Å². The summed E-state index contributed by atoms with van der Waals surface area (Å²) in [5, 5.41) is 2.50. The van der Waals surface area contributed by atoms with Crippen LogP contribution in [0.3, 0.4) is 0 Å². The van der Waals surface area contributed by atoms with E-state index in [1.54, 1.807) is 43.4 Å². The van der Waals surface area contributed by atoms with Gasteiger partial charge in [-0.25, -0.2) is 13.1 Å². The summed E-state index contributed by atoms with van der Waals surface area (Å²) in [7, 11) is -2.08. The number of ether oxygens (including phenoxy) is 1. The number of thiophene rings is 1. The van der Waals surface area contributed by atoms with Crippen LogP contribution in [0, 0.1) is 0 Å². The molecule has 0 saturated carbocycles. The van der Waals surface area contributed by atoms with Crippen LogP contribution >= 0.6 is 22.9 Å². The second-order valence-corrected chi connectivity index (χ2v) is 9.70. The maximum atomic E-state index is 12.7. The zero-order valence-electron chi connectivity index (χ0n) is 16.2. The Hall–Kier alpha value is -2.39. The van der Waals surface area contributed by atoms with Gasteiger partial charge < -0.3 is 9.64 Å². The van der Waals surface area contributed by atoms with Gasteiger partial charge in [-0.2, -0.15) is 0 Å². The molecule has 30 heavy (non-hydrogen) atoms. The molecule has 0 radical (unpaired) electrons. The van der Waals surface area contributed by atoms with Gasteiger partial charge in [0.15, 0.2) is 0 Å². The lowest BCUT2D eigenvalue weighted by Gasteiger charge is -2.18. The number of amides is 1. The highest BCUT2D eigenvalue weighted by atomic mass is 35.5. The summed E-state index contributed by atoms with van der Waals surface area (Å²) in [5.74, 6) is 0.371. The Kier molecular flexibility index (Phi) is 7.49. The van der Waals surface area contributed by atoms with Crippen LogP contribution in [0.4, 0.5) is 0 Å². The van der Waals surface area contributed by atoms with Crippen molar-refractivity contribution in [3.63, 3.8) is 0 Å². The number of benzene rings is 2. The van der Waals surface area contributed by atoms with Crippen LogP contribution in [0.5, 0.6) is 5.75 Å². The second kappa shape index (κ2) is 10.1. The Morgan fingerprint density at radius 3 is 2.60 bits per heavy atom. The average molecular weight is 465 g/mol. The predicted octanol–water partition coefficient (Wildman–Crippen LogP) is 4.03. The number of likely N-dealkylation sites (N-methyl/N-ethyl adjacent to an activating group) is 1. The van der Waals surface area contributed by atoms with E-state index in [0.717, 1.165) is 4.88 Å². The van der Waals surface area contributed by atoms with Crippen LogP contribution in [-0.4, -0.2) is 39.4 Å². The average Bonchev–Trinajstić information content (AvgIpc) is 3.27. The summed E-state index contributed by atoms with van der Waals surface area (Å²) in [5.41, 5.74) is 0.294. The standard InChI is InChI=1S/C21H21ClN2O4S2/c1-24(11-12-28-18-9-7-17(22)8-10-18)21(25)16-4-2-6-20(14-16)30(26,27)23-15-19-5-3-13-29-19/h2-10,13-14,23H,11-12,15H2,1H3. The molecule has 3 aromatic rings. The number of carbonyl (C=O) groups is 1. The topological polar surface area (TPSA) is 75.7 Å². The Balaban J connectivity index is 1.59. The van der Waals surface area contributed by atoms with E-state index in [2.05, 4.69) is 4.72 Å². The van der Waals surface area contributed by atoms with Gasteiger partial charge in [-0.1, -0.05) is 23.7 Å². The minimum Gasteiger partial charge on any atom is -0.492 e. The highest BCUT2D eigenvalue weighted by Crippen LogP contribution is 2.17. The molecule has 1 aromatic heterocycles. The number of rotatable bonds is 9. The Morgan fingerprint density at radius 2 is 1.90 bits per heavy atom. The Labute approximate surface area is 185 Å². The van der Waals surface area contributed by atoms with Crippen molar-refractivity contribution >= 4 is 38.9 Å². The van der Waals surface area contributed by atoms with Crippen LogP contribution in [0.25, 0.3) is 0 Å². The van der Waals surface area contributed by atoms with E-state index in [0.29, 0.717) is 29.5 Å². The van der Waals surface area contributed by atoms with Gasteiger partial charge in [-0.15, -0.1) is 11.3 Å². The minimum absolute atomic E-state index is 0.0516. The largest absolute Gasteiger partial charge is 0.492 e. The van der Waals surface area contributed by atoms with E-state index < -0.39 is 10.0 Å². The van der Waals surface area contributed by atoms with Gasteiger partial charge in [0.05, 0.1) is 11.4 Å². The van der Waals surface area contributed by atoms with E-state index in [1.807, 2.05) is 17.5 Å². The van der Waals surface area contributed by atoms with Crippen LogP contribution < -0.4 is 9.46 Å². The molecule has 1 heterocycles. The second-order valence-electron chi connectivity index (χ2n) is 6.46. The first kappa shape index (κ1) is 22.3. The molecule has 0 saturated heterocycles. The lowest BCUT2D eigenvalue weighted by molar-refractivity contribution is 0.0773. The van der Waals surface area contributed by atoms with Gasteiger partial charge in [0.2, 0.25) is 10.0 Å². The molecular weight excluding hydrogens is 444 g/mol. The molecule has 9 heteroatoms. The summed E-state index contributed by atoms with van der Waals surface area (Å²) in [4.78, 5) is 15.1. The van der Waals surface area contributed by atoms with E-state index in [1.165, 1.54) is 28.4 Å². The number of halogens is 1. The van der Waals surface area contributed by atoms with Crippen LogP contribution in [0.2, 0.25) is 5.02 Å². The lowest BCUT2D eigenvalue weighted by atomic mass is 10.2. The van der Waals surface area contributed by atoms with Crippen LogP contribution in [0.1, 0.15) is 15.2 Å². The maximum absolute atomic E-state index is 12.7. The molecule has 1 N–H and O–H groups in total. The minimum atomic E-state index is -3.72.